The van der Waals surface area contributed by atoms with Gasteiger partial charge in [0.25, 0.3) is 0 Å². The SMILES string of the molecule is COc1ccc(C2CCC(CN(C(=O)C3CCC(O)CC3)c3cccc(-c4cnn(C(F)(F)F)c4)c3)CC2)cc1C. The zero-order valence-corrected chi connectivity index (χ0v) is 23.6. The minimum Gasteiger partial charge on any atom is -0.496 e. The predicted octanol–water partition coefficient (Wildman–Crippen LogP) is 7.20. The fourth-order valence-corrected chi connectivity index (χ4v) is 6.42. The van der Waals surface area contributed by atoms with Crippen molar-refractivity contribution in [1.82, 2.24) is 9.78 Å². The van der Waals surface area contributed by atoms with Crippen LogP contribution in [0.1, 0.15) is 68.4 Å². The molecule has 6 nitrogen and oxygen atoms in total. The average Bonchev–Trinajstić information content (AvgIpc) is 3.48. The number of nitrogens with zero attached hydrogens (tertiary/aromatic N) is 3. The van der Waals surface area contributed by atoms with Gasteiger partial charge in [-0.1, -0.05) is 24.3 Å². The Labute approximate surface area is 239 Å². The molecule has 2 fully saturated rings. The maximum atomic E-state index is 13.9. The van der Waals surface area contributed by atoms with E-state index in [9.17, 15) is 23.1 Å². The first kappa shape index (κ1) is 29.2. The summed E-state index contributed by atoms with van der Waals surface area (Å²) in [6, 6.07) is 13.6. The highest BCUT2D eigenvalue weighted by atomic mass is 19.4. The number of ether oxygens (including phenoxy) is 1. The van der Waals surface area contributed by atoms with Crippen LogP contribution in [0.5, 0.6) is 5.75 Å². The third kappa shape index (κ3) is 6.77. The second-order valence-electron chi connectivity index (χ2n) is 11.6. The lowest BCUT2D eigenvalue weighted by atomic mass is 9.78. The molecule has 0 radical (unpaired) electrons. The zero-order chi connectivity index (χ0) is 29.1. The van der Waals surface area contributed by atoms with Crippen LogP contribution in [0.3, 0.4) is 0 Å². The number of methoxy groups -OCH3 is 1. The van der Waals surface area contributed by atoms with Gasteiger partial charge in [0.1, 0.15) is 5.75 Å². The van der Waals surface area contributed by atoms with Gasteiger partial charge in [-0.3, -0.25) is 4.79 Å². The maximum absolute atomic E-state index is 13.9. The summed E-state index contributed by atoms with van der Waals surface area (Å²) in [6.07, 6.45) is 3.73. The first-order valence-electron chi connectivity index (χ1n) is 14.5. The number of aliphatic hydroxyl groups is 1. The van der Waals surface area contributed by atoms with Crippen LogP contribution in [0.4, 0.5) is 18.9 Å². The van der Waals surface area contributed by atoms with Gasteiger partial charge in [-0.2, -0.15) is 9.78 Å². The highest BCUT2D eigenvalue weighted by Gasteiger charge is 2.33. The van der Waals surface area contributed by atoms with Gasteiger partial charge < -0.3 is 14.7 Å². The van der Waals surface area contributed by atoms with Crippen LogP contribution in [0, 0.1) is 18.8 Å². The molecule has 0 unspecified atom stereocenters. The monoisotopic (exact) mass is 569 g/mol. The molecule has 1 N–H and O–H groups in total. The Kier molecular flexibility index (Phi) is 8.73. The van der Waals surface area contributed by atoms with E-state index in [2.05, 4.69) is 24.2 Å². The number of benzene rings is 2. The van der Waals surface area contributed by atoms with Crippen LogP contribution in [0.15, 0.2) is 54.9 Å². The Balaban J connectivity index is 1.34. The average molecular weight is 570 g/mol. The molecule has 2 saturated carbocycles. The highest BCUT2D eigenvalue weighted by molar-refractivity contribution is 5.95. The van der Waals surface area contributed by atoms with Gasteiger partial charge in [-0.05, 0) is 105 Å². The second-order valence-corrected chi connectivity index (χ2v) is 11.6. The first-order valence-corrected chi connectivity index (χ1v) is 14.5. The van der Waals surface area contributed by atoms with E-state index >= 15 is 0 Å². The first-order chi connectivity index (χ1) is 19.6. The number of anilines is 1. The molecule has 220 valence electrons. The number of rotatable bonds is 7. The van der Waals surface area contributed by atoms with Gasteiger partial charge in [0.2, 0.25) is 5.91 Å². The molecule has 0 bridgehead atoms. The van der Waals surface area contributed by atoms with Crippen molar-refractivity contribution >= 4 is 11.6 Å². The molecular weight excluding hydrogens is 531 g/mol. The van der Waals surface area contributed by atoms with E-state index in [1.165, 1.54) is 11.8 Å². The molecule has 0 spiro atoms. The number of aryl methyl sites for hydroxylation is 1. The molecule has 0 aliphatic heterocycles. The number of aliphatic hydroxyl groups excluding tert-OH is 1. The second kappa shape index (κ2) is 12.3. The van der Waals surface area contributed by atoms with Crippen molar-refractivity contribution in [1.29, 1.82) is 0 Å². The van der Waals surface area contributed by atoms with E-state index in [0.717, 1.165) is 43.2 Å². The van der Waals surface area contributed by atoms with Crippen LogP contribution < -0.4 is 9.64 Å². The number of amides is 1. The summed E-state index contributed by atoms with van der Waals surface area (Å²) in [5.41, 5.74) is 4.05. The maximum Gasteiger partial charge on any atom is 0.504 e. The van der Waals surface area contributed by atoms with Crippen molar-refractivity contribution in [3.63, 3.8) is 0 Å². The Morgan fingerprint density at radius 2 is 1.76 bits per heavy atom. The van der Waals surface area contributed by atoms with E-state index in [-0.39, 0.29) is 22.6 Å². The summed E-state index contributed by atoms with van der Waals surface area (Å²) < 4.78 is 44.8. The Morgan fingerprint density at radius 3 is 2.39 bits per heavy atom. The molecule has 2 aliphatic carbocycles. The minimum atomic E-state index is -4.59. The lowest BCUT2D eigenvalue weighted by Crippen LogP contribution is -2.41. The van der Waals surface area contributed by atoms with E-state index in [1.807, 2.05) is 17.0 Å². The van der Waals surface area contributed by atoms with Crippen LogP contribution in [-0.4, -0.2) is 40.6 Å². The van der Waals surface area contributed by atoms with Crippen LogP contribution in [0.2, 0.25) is 0 Å². The van der Waals surface area contributed by atoms with Gasteiger partial charge in [-0.15, -0.1) is 13.2 Å². The van der Waals surface area contributed by atoms with Gasteiger partial charge in [0.05, 0.1) is 19.4 Å². The number of hydrogen-bond donors (Lipinski definition) is 1. The Bertz CT molecular complexity index is 1340. The molecule has 1 amide bonds. The third-order valence-corrected chi connectivity index (χ3v) is 8.82. The van der Waals surface area contributed by atoms with E-state index < -0.39 is 6.30 Å². The number of aromatic nitrogens is 2. The van der Waals surface area contributed by atoms with Crippen molar-refractivity contribution < 1.29 is 27.8 Å². The van der Waals surface area contributed by atoms with Crippen molar-refractivity contribution in [3.8, 4) is 16.9 Å². The Hall–Kier alpha value is -3.33. The standard InChI is InChI=1S/C32H38F3N3O3/c1-21-16-26(12-15-30(21)41-2)23-8-6-22(7-9-23)19-37(31(40)24-10-13-29(39)14-11-24)28-5-3-4-25(17-28)27-18-36-38(20-27)32(33,34)35/h3-5,12,15-18,20,22-24,29,39H,6-11,13-14,19H2,1-2H3. The molecule has 2 aliphatic rings. The predicted molar refractivity (Wildman–Crippen MR) is 152 cm³/mol. The van der Waals surface area contributed by atoms with E-state index in [1.54, 1.807) is 25.3 Å². The van der Waals surface area contributed by atoms with Crippen molar-refractivity contribution in [2.24, 2.45) is 11.8 Å². The number of carbonyl (C=O) groups is 1. The van der Waals surface area contributed by atoms with Gasteiger partial charge in [-0.25, -0.2) is 0 Å². The van der Waals surface area contributed by atoms with Crippen LogP contribution in [0.25, 0.3) is 11.1 Å². The summed E-state index contributed by atoms with van der Waals surface area (Å²) in [4.78, 5) is 15.8. The lowest BCUT2D eigenvalue weighted by Gasteiger charge is -2.36. The van der Waals surface area contributed by atoms with Crippen molar-refractivity contribution in [2.75, 3.05) is 18.6 Å². The summed E-state index contributed by atoms with van der Waals surface area (Å²) in [5.74, 6) is 1.54. The molecule has 9 heteroatoms. The molecule has 41 heavy (non-hydrogen) atoms. The molecule has 1 aromatic heterocycles. The largest absolute Gasteiger partial charge is 0.504 e. The molecule has 5 rings (SSSR count). The Morgan fingerprint density at radius 1 is 1.02 bits per heavy atom. The fraction of sp³-hybridized carbons (Fsp3) is 0.500. The number of halogens is 3. The normalized spacial score (nSPS) is 23.3. The van der Waals surface area contributed by atoms with E-state index in [0.29, 0.717) is 60.9 Å². The van der Waals surface area contributed by atoms with Crippen LogP contribution >= 0.6 is 0 Å². The van der Waals surface area contributed by atoms with Gasteiger partial charge in [0.15, 0.2) is 0 Å². The smallest absolute Gasteiger partial charge is 0.496 e. The summed E-state index contributed by atoms with van der Waals surface area (Å²) in [5, 5.41) is 13.5. The molecule has 0 atom stereocenters. The quantitative estimate of drug-likeness (QED) is 0.327. The number of carbonyl (C=O) groups excluding carboxylic acids is 1. The molecule has 3 aromatic rings. The van der Waals surface area contributed by atoms with E-state index in [4.69, 9.17) is 4.74 Å². The van der Waals surface area contributed by atoms with Gasteiger partial charge in [0, 0.05) is 29.9 Å². The minimum absolute atomic E-state index is 0.00593. The van der Waals surface area contributed by atoms with Crippen molar-refractivity contribution in [2.45, 2.75) is 76.6 Å². The van der Waals surface area contributed by atoms with Gasteiger partial charge >= 0.3 is 6.30 Å². The fourth-order valence-electron chi connectivity index (χ4n) is 6.42. The third-order valence-electron chi connectivity index (χ3n) is 8.82. The highest BCUT2D eigenvalue weighted by Crippen LogP contribution is 2.39. The molecular formula is C32H38F3N3O3. The summed E-state index contributed by atoms with van der Waals surface area (Å²) in [7, 11) is 1.68. The summed E-state index contributed by atoms with van der Waals surface area (Å²) >= 11 is 0. The number of alkyl halides is 3. The molecule has 0 saturated heterocycles. The zero-order valence-electron chi connectivity index (χ0n) is 23.6. The molecule has 2 aromatic carbocycles. The summed E-state index contributed by atoms with van der Waals surface area (Å²) in [6.45, 7) is 2.63. The van der Waals surface area contributed by atoms with Crippen molar-refractivity contribution in [3.05, 3.63) is 66.0 Å². The van der Waals surface area contributed by atoms with Crippen LogP contribution in [-0.2, 0) is 11.1 Å². The molecule has 1 heterocycles. The number of hydrogen-bond acceptors (Lipinski definition) is 4. The topological polar surface area (TPSA) is 67.6 Å². The lowest BCUT2D eigenvalue weighted by molar-refractivity contribution is -0.212.